The highest BCUT2D eigenvalue weighted by atomic mass is 16.6. The van der Waals surface area contributed by atoms with Crippen molar-refractivity contribution >= 4 is 17.9 Å². The van der Waals surface area contributed by atoms with Crippen LogP contribution in [0.1, 0.15) is 245 Å². The largest absolute Gasteiger partial charge is 0.462 e. The maximum Gasteiger partial charge on any atom is 0.306 e. The molecule has 1 atom stereocenters. The Kier molecular flexibility index (Phi) is 55.5. The molecule has 0 saturated heterocycles. The van der Waals surface area contributed by atoms with Crippen LogP contribution in [0.4, 0.5) is 0 Å². The molecule has 6 heteroatoms. The summed E-state index contributed by atoms with van der Waals surface area (Å²) in [5.41, 5.74) is 0. The molecule has 6 nitrogen and oxygen atoms in total. The molecule has 0 rings (SSSR count). The summed E-state index contributed by atoms with van der Waals surface area (Å²) in [5, 5.41) is 0. The van der Waals surface area contributed by atoms with Crippen LogP contribution in [0.15, 0.2) is 134 Å². The molecule has 406 valence electrons. The lowest BCUT2D eigenvalue weighted by molar-refractivity contribution is -0.166. The van der Waals surface area contributed by atoms with Gasteiger partial charge in [-0.1, -0.05) is 238 Å². The monoisotopic (exact) mass is 995 g/mol. The number of hydrogen-bond acceptors (Lipinski definition) is 6. The number of unbranched alkanes of at least 4 members (excludes halogenated alkanes) is 18. The smallest absolute Gasteiger partial charge is 0.306 e. The van der Waals surface area contributed by atoms with Crippen molar-refractivity contribution in [2.45, 2.75) is 252 Å². The van der Waals surface area contributed by atoms with Gasteiger partial charge in [-0.2, -0.15) is 0 Å². The first-order chi connectivity index (χ1) is 35.5. The Morgan fingerprint density at radius 2 is 0.569 bits per heavy atom. The molecular weight excluding hydrogens is 889 g/mol. The fourth-order valence-electron chi connectivity index (χ4n) is 7.57. The minimum absolute atomic E-state index is 0.113. The zero-order valence-electron chi connectivity index (χ0n) is 46.4. The topological polar surface area (TPSA) is 78.9 Å². The van der Waals surface area contributed by atoms with Crippen molar-refractivity contribution in [2.75, 3.05) is 13.2 Å². The van der Waals surface area contributed by atoms with Crippen molar-refractivity contribution in [1.82, 2.24) is 0 Å². The second kappa shape index (κ2) is 59.1. The first-order valence-corrected chi connectivity index (χ1v) is 29.2. The van der Waals surface area contributed by atoms with Crippen molar-refractivity contribution in [3.8, 4) is 0 Å². The summed E-state index contributed by atoms with van der Waals surface area (Å²) >= 11 is 0. The van der Waals surface area contributed by atoms with Crippen LogP contribution in [-0.4, -0.2) is 37.2 Å². The van der Waals surface area contributed by atoms with Crippen molar-refractivity contribution in [2.24, 2.45) is 0 Å². The molecule has 0 aromatic heterocycles. The Labute approximate surface area is 443 Å². The van der Waals surface area contributed by atoms with Crippen molar-refractivity contribution in [3.05, 3.63) is 134 Å². The van der Waals surface area contributed by atoms with E-state index in [0.717, 1.165) is 128 Å². The molecule has 72 heavy (non-hydrogen) atoms. The molecule has 0 amide bonds. The quantitative estimate of drug-likeness (QED) is 0.0261. The molecule has 0 radical (unpaired) electrons. The van der Waals surface area contributed by atoms with Crippen LogP contribution >= 0.6 is 0 Å². The highest BCUT2D eigenvalue weighted by molar-refractivity contribution is 5.71. The number of hydrogen-bond donors (Lipinski definition) is 0. The predicted octanol–water partition coefficient (Wildman–Crippen LogP) is 19.8. The summed E-state index contributed by atoms with van der Waals surface area (Å²) in [5.74, 6) is -1.02. The summed E-state index contributed by atoms with van der Waals surface area (Å²) < 4.78 is 16.8. The Bertz CT molecular complexity index is 1560. The number of carbonyl (C=O) groups is 3. The van der Waals surface area contributed by atoms with E-state index in [2.05, 4.69) is 142 Å². The maximum absolute atomic E-state index is 12.8. The first kappa shape index (κ1) is 67.5. The third-order valence-electron chi connectivity index (χ3n) is 11.9. The molecule has 1 unspecified atom stereocenters. The van der Waals surface area contributed by atoms with E-state index < -0.39 is 6.10 Å². The van der Waals surface area contributed by atoms with Gasteiger partial charge in [-0.3, -0.25) is 14.4 Å². The number of rotatable bonds is 51. The second-order valence-corrected chi connectivity index (χ2v) is 18.8. The van der Waals surface area contributed by atoms with Crippen molar-refractivity contribution in [1.29, 1.82) is 0 Å². The van der Waals surface area contributed by atoms with Gasteiger partial charge >= 0.3 is 17.9 Å². The second-order valence-electron chi connectivity index (χ2n) is 18.8. The number of ether oxygens (including phenoxy) is 3. The fraction of sp³-hybridized carbons (Fsp3) is 0.621. The minimum atomic E-state index is -0.822. The fourth-order valence-corrected chi connectivity index (χ4v) is 7.57. The molecule has 0 heterocycles. The maximum atomic E-state index is 12.8. The van der Waals surface area contributed by atoms with Crippen LogP contribution in [0.25, 0.3) is 0 Å². The molecule has 0 N–H and O–H groups in total. The van der Waals surface area contributed by atoms with Crippen LogP contribution in [-0.2, 0) is 28.6 Å². The molecule has 0 saturated carbocycles. The van der Waals surface area contributed by atoms with E-state index in [4.69, 9.17) is 14.2 Å². The SMILES string of the molecule is CC/C=C\C/C=C\C/C=C\C/C=C\C/C=C\CCCCCCCCCCCC(=O)OCC(COC(=O)CC/C=C\C/C=C\C/C=C\C/C=C\CC)OC(=O)CCCCCCC/C=C\C/C=C\CCCCCC. The number of allylic oxidation sites excluding steroid dienone is 22. The summed E-state index contributed by atoms with van der Waals surface area (Å²) in [6.45, 7) is 6.30. The lowest BCUT2D eigenvalue weighted by atomic mass is 10.1. The Morgan fingerprint density at radius 1 is 0.292 bits per heavy atom. The molecule has 0 aliphatic heterocycles. The Hall–Kier alpha value is -4.45. The van der Waals surface area contributed by atoms with Crippen LogP contribution < -0.4 is 0 Å². The van der Waals surface area contributed by atoms with Crippen LogP contribution in [0.2, 0.25) is 0 Å². The van der Waals surface area contributed by atoms with Crippen LogP contribution in [0.5, 0.6) is 0 Å². The van der Waals surface area contributed by atoms with E-state index in [9.17, 15) is 14.4 Å². The first-order valence-electron chi connectivity index (χ1n) is 29.2. The third-order valence-corrected chi connectivity index (χ3v) is 11.9. The summed E-state index contributed by atoms with van der Waals surface area (Å²) in [6, 6.07) is 0. The molecule has 0 aromatic carbocycles. The van der Waals surface area contributed by atoms with Gasteiger partial charge in [-0.25, -0.2) is 0 Å². The Morgan fingerprint density at radius 3 is 0.931 bits per heavy atom. The molecule has 0 aliphatic carbocycles. The summed E-state index contributed by atoms with van der Waals surface area (Å²) in [4.78, 5) is 38.1. The van der Waals surface area contributed by atoms with Crippen molar-refractivity contribution in [3.63, 3.8) is 0 Å². The van der Waals surface area contributed by atoms with Gasteiger partial charge in [0.05, 0.1) is 0 Å². The predicted molar refractivity (Wildman–Crippen MR) is 311 cm³/mol. The lowest BCUT2D eigenvalue weighted by Gasteiger charge is -2.18. The van der Waals surface area contributed by atoms with Gasteiger partial charge in [0.15, 0.2) is 6.10 Å². The van der Waals surface area contributed by atoms with E-state index in [1.165, 1.54) is 70.6 Å². The Balaban J connectivity index is 4.42. The number of carbonyl (C=O) groups excluding carboxylic acids is 3. The molecule has 0 aromatic rings. The van der Waals surface area contributed by atoms with Gasteiger partial charge < -0.3 is 14.2 Å². The zero-order chi connectivity index (χ0) is 52.2. The van der Waals surface area contributed by atoms with Gasteiger partial charge in [-0.05, 0) is 122 Å². The van der Waals surface area contributed by atoms with Crippen LogP contribution in [0.3, 0.4) is 0 Å². The average Bonchev–Trinajstić information content (AvgIpc) is 3.38. The van der Waals surface area contributed by atoms with Gasteiger partial charge in [0.2, 0.25) is 0 Å². The van der Waals surface area contributed by atoms with Crippen LogP contribution in [0, 0.1) is 0 Å². The summed E-state index contributed by atoms with van der Waals surface area (Å²) in [7, 11) is 0. The van der Waals surface area contributed by atoms with E-state index in [1.54, 1.807) is 0 Å². The average molecular weight is 996 g/mol. The normalized spacial score (nSPS) is 13.1. The van der Waals surface area contributed by atoms with Gasteiger partial charge in [-0.15, -0.1) is 0 Å². The molecule has 0 fully saturated rings. The zero-order valence-corrected chi connectivity index (χ0v) is 46.4. The molecule has 0 aliphatic rings. The van der Waals surface area contributed by atoms with E-state index in [0.29, 0.717) is 19.3 Å². The van der Waals surface area contributed by atoms with E-state index >= 15 is 0 Å². The summed E-state index contributed by atoms with van der Waals surface area (Å²) in [6.07, 6.45) is 83.2. The van der Waals surface area contributed by atoms with Gasteiger partial charge in [0.1, 0.15) is 13.2 Å². The molecule has 0 bridgehead atoms. The standard InChI is InChI=1S/C66H106O6/c1-4-7-10-13-16-19-22-25-27-29-30-31-32-33-34-35-36-37-39-41-44-47-50-53-56-59-65(68)71-62-63(61-70-64(67)58-55-52-49-46-43-40-24-21-18-15-12-9-6-3)72-66(69)60-57-54-51-48-45-42-38-28-26-23-20-17-14-11-8-5-2/h7,9-10,12,16,18-21,23,25,27-28,30-31,33-34,38,40,43,49,52,63H,4-6,8,11,13-15,17,22,24,26,29,32,35-37,39,41-42,44-48,50-51,53-62H2,1-3H3/b10-7-,12-9-,19-16-,21-18-,23-20-,27-25-,31-30-,34-33-,38-28-,43-40-,52-49-. The van der Waals surface area contributed by atoms with Gasteiger partial charge in [0, 0.05) is 19.3 Å². The van der Waals surface area contributed by atoms with E-state index in [1.807, 2.05) is 12.2 Å². The number of esters is 3. The lowest BCUT2D eigenvalue weighted by Crippen LogP contribution is -2.30. The van der Waals surface area contributed by atoms with Gasteiger partial charge in [0.25, 0.3) is 0 Å². The van der Waals surface area contributed by atoms with Crippen molar-refractivity contribution < 1.29 is 28.6 Å². The highest BCUT2D eigenvalue weighted by Gasteiger charge is 2.19. The highest BCUT2D eigenvalue weighted by Crippen LogP contribution is 2.14. The minimum Gasteiger partial charge on any atom is -0.462 e. The molecule has 0 spiro atoms. The molecular formula is C66H106O6. The third kappa shape index (κ3) is 56.5. The van der Waals surface area contributed by atoms with E-state index in [-0.39, 0.29) is 37.5 Å².